The Morgan fingerprint density at radius 1 is 1.64 bits per heavy atom. The Morgan fingerprint density at radius 3 is 2.73 bits per heavy atom. The lowest BCUT2D eigenvalue weighted by atomic mass is 10.4. The number of rotatable bonds is 4. The molecule has 1 rings (SSSR count). The average molecular weight is 154 g/mol. The summed E-state index contributed by atoms with van der Waals surface area (Å²) in [5.41, 5.74) is -0.391. The summed E-state index contributed by atoms with van der Waals surface area (Å²) < 4.78 is 0. The van der Waals surface area contributed by atoms with Crippen LogP contribution in [0, 0.1) is 5.41 Å². The third-order valence-electron chi connectivity index (χ3n) is 1.39. The van der Waals surface area contributed by atoms with Gasteiger partial charge in [-0.05, 0) is 25.1 Å². The summed E-state index contributed by atoms with van der Waals surface area (Å²) in [6.07, 6.45) is 5.06. The molecule has 0 heterocycles. The first-order valence-electron chi connectivity index (χ1n) is 3.44. The van der Waals surface area contributed by atoms with Gasteiger partial charge in [0.15, 0.2) is 0 Å². The maximum absolute atomic E-state index is 10.1. The molecule has 0 aromatic rings. The number of carboxylic acids is 1. The molecule has 0 radical (unpaired) electrons. The fraction of sp³-hybridized carbons (Fsp3) is 0.429. The predicted molar refractivity (Wildman–Crippen MR) is 40.7 cm³/mol. The van der Waals surface area contributed by atoms with Crippen LogP contribution < -0.4 is 5.32 Å². The molecule has 0 aromatic heterocycles. The average Bonchev–Trinajstić information content (AvgIpc) is 2.71. The van der Waals surface area contributed by atoms with Gasteiger partial charge < -0.3 is 10.4 Å². The van der Waals surface area contributed by atoms with Crippen molar-refractivity contribution >= 4 is 11.7 Å². The Balaban J connectivity index is 2.21. The normalized spacial score (nSPS) is 16.7. The van der Waals surface area contributed by atoms with E-state index in [9.17, 15) is 4.79 Å². The molecule has 0 unspecified atom stereocenters. The van der Waals surface area contributed by atoms with Gasteiger partial charge in [0.05, 0.1) is 0 Å². The Morgan fingerprint density at radius 2 is 2.27 bits per heavy atom. The summed E-state index contributed by atoms with van der Waals surface area (Å²) >= 11 is 0. The zero-order chi connectivity index (χ0) is 8.27. The van der Waals surface area contributed by atoms with Gasteiger partial charge in [-0.15, -0.1) is 0 Å². The number of carboxylic acid groups (broad SMARTS) is 1. The van der Waals surface area contributed by atoms with Crippen molar-refractivity contribution < 1.29 is 9.90 Å². The molecule has 4 heteroatoms. The van der Waals surface area contributed by atoms with E-state index in [1.165, 1.54) is 12.3 Å². The summed E-state index contributed by atoms with van der Waals surface area (Å²) in [4.78, 5) is 10.1. The molecular formula is C7H10N2O2. The van der Waals surface area contributed by atoms with E-state index in [1.807, 2.05) is 0 Å². The van der Waals surface area contributed by atoms with E-state index in [-0.39, 0.29) is 0 Å². The molecule has 0 spiro atoms. The summed E-state index contributed by atoms with van der Waals surface area (Å²) in [7, 11) is 0. The van der Waals surface area contributed by atoms with Crippen molar-refractivity contribution in [2.24, 2.45) is 0 Å². The first-order valence-corrected chi connectivity index (χ1v) is 3.44. The van der Waals surface area contributed by atoms with Gasteiger partial charge in [0, 0.05) is 6.04 Å². The van der Waals surface area contributed by atoms with Gasteiger partial charge in [-0.25, -0.2) is 4.79 Å². The highest BCUT2D eigenvalue weighted by Crippen LogP contribution is 2.18. The first-order chi connectivity index (χ1) is 5.20. The van der Waals surface area contributed by atoms with Crippen molar-refractivity contribution in [1.82, 2.24) is 5.32 Å². The summed E-state index contributed by atoms with van der Waals surface area (Å²) in [5, 5.41) is 18.1. The second-order valence-corrected chi connectivity index (χ2v) is 2.49. The third-order valence-corrected chi connectivity index (χ3v) is 1.39. The molecule has 1 fully saturated rings. The summed E-state index contributed by atoms with van der Waals surface area (Å²) in [6.45, 7) is 0. The molecule has 0 saturated heterocycles. The van der Waals surface area contributed by atoms with E-state index < -0.39 is 11.7 Å². The molecule has 1 aliphatic carbocycles. The van der Waals surface area contributed by atoms with Crippen LogP contribution in [0.5, 0.6) is 0 Å². The molecule has 0 atom stereocenters. The molecule has 0 bridgehead atoms. The monoisotopic (exact) mass is 154 g/mol. The second kappa shape index (κ2) is 3.18. The maximum atomic E-state index is 10.1. The predicted octanol–water partition coefficient (Wildman–Crippen LogP) is 0.356. The zero-order valence-corrected chi connectivity index (χ0v) is 6.00. The van der Waals surface area contributed by atoms with E-state index in [4.69, 9.17) is 10.5 Å². The van der Waals surface area contributed by atoms with E-state index in [2.05, 4.69) is 5.32 Å². The number of nitrogens with one attached hydrogen (secondary N) is 2. The van der Waals surface area contributed by atoms with Gasteiger partial charge in [-0.2, -0.15) is 0 Å². The van der Waals surface area contributed by atoms with Crippen LogP contribution in [0.2, 0.25) is 0 Å². The van der Waals surface area contributed by atoms with Crippen molar-refractivity contribution in [2.45, 2.75) is 18.9 Å². The molecule has 0 aromatic carbocycles. The minimum absolute atomic E-state index is 0.391. The molecule has 1 saturated carbocycles. The Bertz CT molecular complexity index is 206. The highest BCUT2D eigenvalue weighted by atomic mass is 16.4. The lowest BCUT2D eigenvalue weighted by Gasteiger charge is -1.92. The summed E-state index contributed by atoms with van der Waals surface area (Å²) in [6, 6.07) is 0.507. The van der Waals surface area contributed by atoms with Crippen LogP contribution in [0.4, 0.5) is 0 Å². The Labute approximate surface area is 64.4 Å². The topological polar surface area (TPSA) is 73.2 Å². The maximum Gasteiger partial charge on any atom is 0.353 e. The molecule has 0 amide bonds. The number of hydrogen-bond acceptors (Lipinski definition) is 3. The van der Waals surface area contributed by atoms with Crippen molar-refractivity contribution in [3.8, 4) is 0 Å². The van der Waals surface area contributed by atoms with Crippen LogP contribution in [-0.2, 0) is 4.79 Å². The Hall–Kier alpha value is -1.32. The number of carbonyl (C=O) groups is 1. The van der Waals surface area contributed by atoms with Gasteiger partial charge in [-0.1, -0.05) is 0 Å². The van der Waals surface area contributed by atoms with Crippen LogP contribution in [-0.4, -0.2) is 22.8 Å². The minimum atomic E-state index is -1.20. The second-order valence-electron chi connectivity index (χ2n) is 2.49. The largest absolute Gasteiger partial charge is 0.477 e. The third kappa shape index (κ3) is 2.84. The Kier molecular flexibility index (Phi) is 2.25. The van der Waals surface area contributed by atoms with Crippen molar-refractivity contribution in [3.63, 3.8) is 0 Å². The molecule has 3 N–H and O–H groups in total. The smallest absolute Gasteiger partial charge is 0.353 e. The minimum Gasteiger partial charge on any atom is -0.477 e. The zero-order valence-electron chi connectivity index (χ0n) is 6.00. The molecular weight excluding hydrogens is 144 g/mol. The molecule has 1 aliphatic rings. The number of aliphatic carboxylic acids is 1. The van der Waals surface area contributed by atoms with Crippen LogP contribution in [0.3, 0.4) is 0 Å². The van der Waals surface area contributed by atoms with Crippen molar-refractivity contribution in [3.05, 3.63) is 12.3 Å². The lowest BCUT2D eigenvalue weighted by molar-refractivity contribution is -0.129. The van der Waals surface area contributed by atoms with Gasteiger partial charge in [0.2, 0.25) is 0 Å². The van der Waals surface area contributed by atoms with Gasteiger partial charge in [-0.3, -0.25) is 5.41 Å². The molecule has 0 aliphatic heterocycles. The highest BCUT2D eigenvalue weighted by molar-refractivity contribution is 6.38. The van der Waals surface area contributed by atoms with Crippen molar-refractivity contribution in [1.29, 1.82) is 5.41 Å². The molecule has 11 heavy (non-hydrogen) atoms. The van der Waals surface area contributed by atoms with Gasteiger partial charge >= 0.3 is 5.97 Å². The number of hydrogen-bond donors (Lipinski definition) is 3. The van der Waals surface area contributed by atoms with Gasteiger partial charge in [0.1, 0.15) is 5.71 Å². The van der Waals surface area contributed by atoms with E-state index >= 15 is 0 Å². The highest BCUT2D eigenvalue weighted by Gasteiger charge is 2.18. The van der Waals surface area contributed by atoms with Crippen LogP contribution in [0.25, 0.3) is 0 Å². The van der Waals surface area contributed by atoms with E-state index in [0.717, 1.165) is 12.8 Å². The van der Waals surface area contributed by atoms with Crippen LogP contribution in [0.15, 0.2) is 12.3 Å². The quantitative estimate of drug-likeness (QED) is 0.512. The first kappa shape index (κ1) is 7.78. The van der Waals surface area contributed by atoms with E-state index in [0.29, 0.717) is 6.04 Å². The van der Waals surface area contributed by atoms with Crippen LogP contribution in [0.1, 0.15) is 12.8 Å². The van der Waals surface area contributed by atoms with Crippen molar-refractivity contribution in [2.75, 3.05) is 0 Å². The van der Waals surface area contributed by atoms with Gasteiger partial charge in [0.25, 0.3) is 0 Å². The fourth-order valence-corrected chi connectivity index (χ4v) is 0.589. The molecule has 60 valence electrons. The molecule has 4 nitrogen and oxygen atoms in total. The van der Waals surface area contributed by atoms with E-state index in [1.54, 1.807) is 0 Å². The standard InChI is InChI=1S/C7H10N2O2/c8-6(7(10)11)3-4-9-5-1-2-5/h3-5,8-9H,1-2H2,(H,10,11)/b4-3-,8-6?. The fourth-order valence-electron chi connectivity index (χ4n) is 0.589. The lowest BCUT2D eigenvalue weighted by Crippen LogP contribution is -2.11. The van der Waals surface area contributed by atoms with Crippen LogP contribution >= 0.6 is 0 Å². The summed E-state index contributed by atoms with van der Waals surface area (Å²) in [5.74, 6) is -1.20. The SMILES string of the molecule is N=C(/C=C\NC1CC1)C(=O)O.